The summed E-state index contributed by atoms with van der Waals surface area (Å²) in [5.74, 6) is -0.259. The van der Waals surface area contributed by atoms with E-state index in [4.69, 9.17) is 10.8 Å². The summed E-state index contributed by atoms with van der Waals surface area (Å²) in [5.41, 5.74) is 5.30. The third-order valence-electron chi connectivity index (χ3n) is 1.61. The van der Waals surface area contributed by atoms with Crippen LogP contribution >= 0.6 is 0 Å². The predicted octanol–water partition coefficient (Wildman–Crippen LogP) is 1.22. The quantitative estimate of drug-likeness (QED) is 0.634. The summed E-state index contributed by atoms with van der Waals surface area (Å²) in [4.78, 5) is 10.2. The molecule has 11 heavy (non-hydrogen) atoms. The maximum Gasteiger partial charge on any atom is 0.320 e. The Morgan fingerprint density at radius 1 is 1.45 bits per heavy atom. The van der Waals surface area contributed by atoms with Crippen LogP contribution in [0.1, 0.15) is 33.1 Å². The fourth-order valence-electron chi connectivity index (χ4n) is 0.869. The van der Waals surface area contributed by atoms with Crippen LogP contribution in [0.4, 0.5) is 0 Å². The van der Waals surface area contributed by atoms with Gasteiger partial charge in [0.25, 0.3) is 0 Å². The Morgan fingerprint density at radius 2 is 2.00 bits per heavy atom. The van der Waals surface area contributed by atoms with Gasteiger partial charge in [-0.2, -0.15) is 0 Å². The van der Waals surface area contributed by atoms with E-state index in [9.17, 15) is 4.79 Å². The van der Waals surface area contributed by atoms with Crippen molar-refractivity contribution >= 4 is 5.97 Å². The van der Waals surface area contributed by atoms with Gasteiger partial charge in [0.1, 0.15) is 6.04 Å². The lowest BCUT2D eigenvalue weighted by molar-refractivity contribution is -0.138. The fourth-order valence-corrected chi connectivity index (χ4v) is 0.869. The van der Waals surface area contributed by atoms with Crippen LogP contribution in [-0.4, -0.2) is 17.1 Å². The second-order valence-corrected chi connectivity index (χ2v) is 3.27. The number of carboxylic acids is 1. The summed E-state index contributed by atoms with van der Waals surface area (Å²) in [6, 6.07) is -0.672. The molecule has 0 saturated heterocycles. The van der Waals surface area contributed by atoms with E-state index < -0.39 is 12.0 Å². The number of aliphatic carboxylic acids is 1. The minimum atomic E-state index is -0.895. The standard InChI is InChI=1S/C8H17NO2/c1-6(2)4-3-5-7(9)8(10)11/h6-7H,3-5,9H2,1-2H3,(H,10,11)/t7-/m0/s1. The van der Waals surface area contributed by atoms with Crippen molar-refractivity contribution in [3.05, 3.63) is 0 Å². The lowest BCUT2D eigenvalue weighted by atomic mass is 10.0. The number of carbonyl (C=O) groups is 1. The van der Waals surface area contributed by atoms with Gasteiger partial charge in [-0.3, -0.25) is 4.79 Å². The van der Waals surface area contributed by atoms with Gasteiger partial charge in [-0.25, -0.2) is 0 Å². The highest BCUT2D eigenvalue weighted by molar-refractivity contribution is 5.72. The van der Waals surface area contributed by atoms with Gasteiger partial charge in [0.05, 0.1) is 0 Å². The number of nitrogens with two attached hydrogens (primary N) is 1. The Balaban J connectivity index is 3.31. The Morgan fingerprint density at radius 3 is 2.36 bits per heavy atom. The molecule has 3 nitrogen and oxygen atoms in total. The van der Waals surface area contributed by atoms with Crippen molar-refractivity contribution < 1.29 is 9.90 Å². The first kappa shape index (κ1) is 10.4. The Bertz CT molecular complexity index is 123. The summed E-state index contributed by atoms with van der Waals surface area (Å²) in [6.07, 6.45) is 2.56. The summed E-state index contributed by atoms with van der Waals surface area (Å²) in [6.45, 7) is 4.23. The summed E-state index contributed by atoms with van der Waals surface area (Å²) in [7, 11) is 0. The third kappa shape index (κ3) is 5.85. The molecule has 66 valence electrons. The van der Waals surface area contributed by atoms with Crippen molar-refractivity contribution in [1.82, 2.24) is 0 Å². The summed E-state index contributed by atoms with van der Waals surface area (Å²) in [5, 5.41) is 8.42. The first-order chi connectivity index (χ1) is 5.04. The molecule has 0 amide bonds. The van der Waals surface area contributed by atoms with Crippen molar-refractivity contribution in [2.75, 3.05) is 0 Å². The molecule has 0 aliphatic heterocycles. The molecule has 3 heteroatoms. The molecule has 0 spiro atoms. The van der Waals surface area contributed by atoms with Gasteiger partial charge >= 0.3 is 5.97 Å². The first-order valence-electron chi connectivity index (χ1n) is 4.02. The highest BCUT2D eigenvalue weighted by atomic mass is 16.4. The zero-order chi connectivity index (χ0) is 8.85. The van der Waals surface area contributed by atoms with Crippen LogP contribution in [-0.2, 0) is 4.79 Å². The van der Waals surface area contributed by atoms with E-state index in [-0.39, 0.29) is 0 Å². The van der Waals surface area contributed by atoms with E-state index in [1.165, 1.54) is 0 Å². The first-order valence-corrected chi connectivity index (χ1v) is 4.02. The topological polar surface area (TPSA) is 63.3 Å². The van der Waals surface area contributed by atoms with Crippen LogP contribution in [0.5, 0.6) is 0 Å². The molecule has 0 saturated carbocycles. The monoisotopic (exact) mass is 159 g/mol. The SMILES string of the molecule is CC(C)CCC[C@H](N)C(=O)O. The summed E-state index contributed by atoms with van der Waals surface area (Å²) < 4.78 is 0. The molecule has 0 aromatic rings. The Hall–Kier alpha value is -0.570. The van der Waals surface area contributed by atoms with Gasteiger partial charge in [-0.05, 0) is 12.3 Å². The van der Waals surface area contributed by atoms with Gasteiger partial charge in [-0.1, -0.05) is 26.7 Å². The smallest absolute Gasteiger partial charge is 0.320 e. The van der Waals surface area contributed by atoms with E-state index in [0.717, 1.165) is 12.8 Å². The summed E-state index contributed by atoms with van der Waals surface area (Å²) >= 11 is 0. The molecular formula is C8H17NO2. The largest absolute Gasteiger partial charge is 0.480 e. The van der Waals surface area contributed by atoms with Gasteiger partial charge in [0.15, 0.2) is 0 Å². The zero-order valence-corrected chi connectivity index (χ0v) is 7.21. The fraction of sp³-hybridized carbons (Fsp3) is 0.875. The van der Waals surface area contributed by atoms with Crippen LogP contribution in [0, 0.1) is 5.92 Å². The average Bonchev–Trinajstić information content (AvgIpc) is 1.86. The second-order valence-electron chi connectivity index (χ2n) is 3.27. The number of hydrogen-bond donors (Lipinski definition) is 2. The van der Waals surface area contributed by atoms with E-state index in [1.54, 1.807) is 0 Å². The minimum absolute atomic E-state index is 0.591. The van der Waals surface area contributed by atoms with Gasteiger partial charge in [0, 0.05) is 0 Å². The van der Waals surface area contributed by atoms with Crippen LogP contribution in [0.25, 0.3) is 0 Å². The molecule has 0 aliphatic rings. The molecule has 0 aromatic heterocycles. The van der Waals surface area contributed by atoms with Crippen LogP contribution in [0.2, 0.25) is 0 Å². The normalized spacial score (nSPS) is 13.5. The molecule has 1 atom stereocenters. The lowest BCUT2D eigenvalue weighted by Gasteiger charge is -2.06. The molecule has 0 rings (SSSR count). The Kier molecular flexibility index (Phi) is 4.86. The molecule has 0 radical (unpaired) electrons. The molecular weight excluding hydrogens is 142 g/mol. The predicted molar refractivity (Wildman–Crippen MR) is 44.3 cm³/mol. The van der Waals surface area contributed by atoms with Gasteiger partial charge in [0.2, 0.25) is 0 Å². The van der Waals surface area contributed by atoms with E-state index in [1.807, 2.05) is 0 Å². The maximum absolute atomic E-state index is 10.2. The van der Waals surface area contributed by atoms with Gasteiger partial charge in [-0.15, -0.1) is 0 Å². The molecule has 0 aromatic carbocycles. The van der Waals surface area contributed by atoms with Gasteiger partial charge < -0.3 is 10.8 Å². The molecule has 0 aliphatic carbocycles. The molecule has 3 N–H and O–H groups in total. The molecule has 0 bridgehead atoms. The zero-order valence-electron chi connectivity index (χ0n) is 7.21. The van der Waals surface area contributed by atoms with E-state index >= 15 is 0 Å². The number of carboxylic acid groups (broad SMARTS) is 1. The van der Waals surface area contributed by atoms with Crippen molar-refractivity contribution in [2.24, 2.45) is 11.7 Å². The third-order valence-corrected chi connectivity index (χ3v) is 1.61. The Labute approximate surface area is 67.6 Å². The lowest BCUT2D eigenvalue weighted by Crippen LogP contribution is -2.29. The van der Waals surface area contributed by atoms with Crippen LogP contribution in [0.3, 0.4) is 0 Å². The van der Waals surface area contributed by atoms with Crippen LogP contribution < -0.4 is 5.73 Å². The number of hydrogen-bond acceptors (Lipinski definition) is 2. The van der Waals surface area contributed by atoms with E-state index in [2.05, 4.69) is 13.8 Å². The molecule has 0 heterocycles. The molecule has 0 unspecified atom stereocenters. The van der Waals surface area contributed by atoms with Crippen LogP contribution in [0.15, 0.2) is 0 Å². The van der Waals surface area contributed by atoms with E-state index in [0.29, 0.717) is 12.3 Å². The van der Waals surface area contributed by atoms with Crippen molar-refractivity contribution in [2.45, 2.75) is 39.2 Å². The van der Waals surface area contributed by atoms with Crippen molar-refractivity contribution in [1.29, 1.82) is 0 Å². The number of rotatable bonds is 5. The molecule has 0 fully saturated rings. The highest BCUT2D eigenvalue weighted by Crippen LogP contribution is 2.07. The average molecular weight is 159 g/mol. The second kappa shape index (κ2) is 5.13. The maximum atomic E-state index is 10.2. The highest BCUT2D eigenvalue weighted by Gasteiger charge is 2.10. The minimum Gasteiger partial charge on any atom is -0.480 e. The van der Waals surface area contributed by atoms with Crippen molar-refractivity contribution in [3.8, 4) is 0 Å². The van der Waals surface area contributed by atoms with Crippen molar-refractivity contribution in [3.63, 3.8) is 0 Å².